The van der Waals surface area contributed by atoms with Gasteiger partial charge in [0.25, 0.3) is 0 Å². The van der Waals surface area contributed by atoms with Crippen LogP contribution in [-0.4, -0.2) is 28.7 Å². The number of nitrogens with zero attached hydrogens (tertiary/aromatic N) is 2. The summed E-state index contributed by atoms with van der Waals surface area (Å²) >= 11 is 0. The van der Waals surface area contributed by atoms with Crippen molar-refractivity contribution in [2.45, 2.75) is 20.8 Å². The average molecular weight is 273 g/mol. The van der Waals surface area contributed by atoms with E-state index in [0.717, 1.165) is 22.8 Å². The molecular weight excluding hydrogens is 254 g/mol. The van der Waals surface area contributed by atoms with Gasteiger partial charge < -0.3 is 14.6 Å². The summed E-state index contributed by atoms with van der Waals surface area (Å²) in [6.07, 6.45) is 1.80. The van der Waals surface area contributed by atoms with E-state index in [9.17, 15) is 4.79 Å². The van der Waals surface area contributed by atoms with Crippen LogP contribution in [0.5, 0.6) is 0 Å². The number of rotatable bonds is 5. The standard InChI is InChI=1S/C15H19N3O2/c1-4-20-9-15(19)17-13-5-7-14(8-6-13)18-10-16-11(2)12(18)3/h5-8,10H,4,9H2,1-3H3,(H,17,19). The Bertz CT molecular complexity index is 588. The van der Waals surface area contributed by atoms with Gasteiger partial charge in [-0.3, -0.25) is 4.79 Å². The zero-order valence-corrected chi connectivity index (χ0v) is 12.0. The van der Waals surface area contributed by atoms with Crippen molar-refractivity contribution in [3.63, 3.8) is 0 Å². The number of anilines is 1. The monoisotopic (exact) mass is 273 g/mol. The number of imidazole rings is 1. The zero-order chi connectivity index (χ0) is 14.5. The molecule has 1 amide bonds. The lowest BCUT2D eigenvalue weighted by Gasteiger charge is -2.08. The number of benzene rings is 1. The lowest BCUT2D eigenvalue weighted by atomic mass is 10.2. The van der Waals surface area contributed by atoms with Crippen LogP contribution in [-0.2, 0) is 9.53 Å². The van der Waals surface area contributed by atoms with Gasteiger partial charge in [0.05, 0.1) is 12.0 Å². The Morgan fingerprint density at radius 3 is 2.55 bits per heavy atom. The Morgan fingerprint density at radius 1 is 1.30 bits per heavy atom. The van der Waals surface area contributed by atoms with Crippen LogP contribution in [0.4, 0.5) is 5.69 Å². The summed E-state index contributed by atoms with van der Waals surface area (Å²) in [6.45, 7) is 6.48. The summed E-state index contributed by atoms with van der Waals surface area (Å²) in [5, 5.41) is 2.79. The van der Waals surface area contributed by atoms with Crippen LogP contribution in [0, 0.1) is 13.8 Å². The summed E-state index contributed by atoms with van der Waals surface area (Å²) in [6, 6.07) is 7.64. The minimum Gasteiger partial charge on any atom is -0.372 e. The molecule has 5 heteroatoms. The van der Waals surface area contributed by atoms with Gasteiger partial charge in [-0.05, 0) is 45.0 Å². The van der Waals surface area contributed by atoms with Gasteiger partial charge in [0.15, 0.2) is 0 Å². The second-order valence-corrected chi connectivity index (χ2v) is 4.52. The maximum atomic E-state index is 11.5. The van der Waals surface area contributed by atoms with Gasteiger partial charge in [-0.25, -0.2) is 4.98 Å². The van der Waals surface area contributed by atoms with Crippen molar-refractivity contribution < 1.29 is 9.53 Å². The Kier molecular flexibility index (Phi) is 4.53. The molecule has 1 heterocycles. The van der Waals surface area contributed by atoms with Crippen LogP contribution in [0.15, 0.2) is 30.6 Å². The fourth-order valence-corrected chi connectivity index (χ4v) is 1.86. The second-order valence-electron chi connectivity index (χ2n) is 4.52. The third-order valence-electron chi connectivity index (χ3n) is 3.12. The van der Waals surface area contributed by atoms with Crippen molar-refractivity contribution in [2.75, 3.05) is 18.5 Å². The number of nitrogens with one attached hydrogen (secondary N) is 1. The molecule has 0 saturated heterocycles. The van der Waals surface area contributed by atoms with E-state index in [4.69, 9.17) is 4.74 Å². The fourth-order valence-electron chi connectivity index (χ4n) is 1.86. The van der Waals surface area contributed by atoms with Gasteiger partial charge >= 0.3 is 0 Å². The Hall–Kier alpha value is -2.14. The van der Waals surface area contributed by atoms with Crippen LogP contribution >= 0.6 is 0 Å². The summed E-state index contributed by atoms with van der Waals surface area (Å²) in [4.78, 5) is 15.8. The highest BCUT2D eigenvalue weighted by Crippen LogP contribution is 2.16. The van der Waals surface area contributed by atoms with E-state index in [-0.39, 0.29) is 12.5 Å². The molecule has 0 fully saturated rings. The maximum absolute atomic E-state index is 11.5. The molecule has 0 aliphatic carbocycles. The maximum Gasteiger partial charge on any atom is 0.250 e. The van der Waals surface area contributed by atoms with E-state index in [1.54, 1.807) is 6.33 Å². The predicted octanol–water partition coefficient (Wildman–Crippen LogP) is 2.46. The largest absolute Gasteiger partial charge is 0.372 e. The number of hydrogen-bond donors (Lipinski definition) is 1. The molecule has 0 aliphatic rings. The Morgan fingerprint density at radius 2 is 2.00 bits per heavy atom. The van der Waals surface area contributed by atoms with E-state index >= 15 is 0 Å². The lowest BCUT2D eigenvalue weighted by Crippen LogP contribution is -2.18. The summed E-state index contributed by atoms with van der Waals surface area (Å²) in [5.74, 6) is -0.144. The highest BCUT2D eigenvalue weighted by atomic mass is 16.5. The Labute approximate surface area is 118 Å². The first kappa shape index (κ1) is 14.3. The van der Waals surface area contributed by atoms with E-state index < -0.39 is 0 Å². The van der Waals surface area contributed by atoms with Crippen molar-refractivity contribution in [2.24, 2.45) is 0 Å². The number of carbonyl (C=O) groups is 1. The molecule has 0 bridgehead atoms. The molecule has 0 aliphatic heterocycles. The molecular formula is C15H19N3O2. The van der Waals surface area contributed by atoms with Gasteiger partial charge in [-0.1, -0.05) is 0 Å². The van der Waals surface area contributed by atoms with Crippen LogP contribution < -0.4 is 5.32 Å². The van der Waals surface area contributed by atoms with E-state index in [1.807, 2.05) is 49.6 Å². The fraction of sp³-hybridized carbons (Fsp3) is 0.333. The van der Waals surface area contributed by atoms with Crippen molar-refractivity contribution in [3.05, 3.63) is 42.0 Å². The van der Waals surface area contributed by atoms with Crippen LogP contribution in [0.2, 0.25) is 0 Å². The first-order chi connectivity index (χ1) is 9.61. The highest BCUT2D eigenvalue weighted by molar-refractivity contribution is 5.91. The summed E-state index contributed by atoms with van der Waals surface area (Å²) in [5.41, 5.74) is 3.90. The minimum atomic E-state index is -0.144. The number of ether oxygens (including phenoxy) is 1. The Balaban J connectivity index is 2.07. The number of amides is 1. The minimum absolute atomic E-state index is 0.0814. The molecule has 0 spiro atoms. The van der Waals surface area contributed by atoms with Crippen molar-refractivity contribution in [3.8, 4) is 5.69 Å². The second kappa shape index (κ2) is 6.34. The quantitative estimate of drug-likeness (QED) is 0.910. The van der Waals surface area contributed by atoms with Gasteiger partial charge in [-0.15, -0.1) is 0 Å². The van der Waals surface area contributed by atoms with Crippen molar-refractivity contribution in [1.82, 2.24) is 9.55 Å². The molecule has 1 aromatic carbocycles. The molecule has 20 heavy (non-hydrogen) atoms. The van der Waals surface area contributed by atoms with Gasteiger partial charge in [0, 0.05) is 23.7 Å². The summed E-state index contributed by atoms with van der Waals surface area (Å²) < 4.78 is 7.07. The molecule has 0 radical (unpaired) electrons. The van der Waals surface area contributed by atoms with Crippen molar-refractivity contribution in [1.29, 1.82) is 0 Å². The number of carbonyl (C=O) groups excluding carboxylic acids is 1. The average Bonchev–Trinajstić information content (AvgIpc) is 2.78. The molecule has 0 unspecified atom stereocenters. The smallest absolute Gasteiger partial charge is 0.250 e. The predicted molar refractivity (Wildman–Crippen MR) is 78.2 cm³/mol. The van der Waals surface area contributed by atoms with Crippen LogP contribution in [0.1, 0.15) is 18.3 Å². The number of hydrogen-bond acceptors (Lipinski definition) is 3. The molecule has 0 saturated carbocycles. The normalized spacial score (nSPS) is 10.6. The molecule has 106 valence electrons. The van der Waals surface area contributed by atoms with E-state index in [1.165, 1.54) is 0 Å². The molecule has 1 aromatic heterocycles. The van der Waals surface area contributed by atoms with Gasteiger partial charge in [0.2, 0.25) is 5.91 Å². The van der Waals surface area contributed by atoms with Crippen LogP contribution in [0.25, 0.3) is 5.69 Å². The SMILES string of the molecule is CCOCC(=O)Nc1ccc(-n2cnc(C)c2C)cc1. The molecule has 5 nitrogen and oxygen atoms in total. The molecule has 2 rings (SSSR count). The number of aryl methyl sites for hydroxylation is 1. The molecule has 2 aromatic rings. The van der Waals surface area contributed by atoms with Gasteiger partial charge in [-0.2, -0.15) is 0 Å². The number of aromatic nitrogens is 2. The summed E-state index contributed by atoms with van der Waals surface area (Å²) in [7, 11) is 0. The first-order valence-corrected chi connectivity index (χ1v) is 6.60. The zero-order valence-electron chi connectivity index (χ0n) is 12.0. The topological polar surface area (TPSA) is 56.1 Å². The van der Waals surface area contributed by atoms with E-state index in [0.29, 0.717) is 6.61 Å². The molecule has 0 atom stereocenters. The first-order valence-electron chi connectivity index (χ1n) is 6.60. The van der Waals surface area contributed by atoms with E-state index in [2.05, 4.69) is 10.3 Å². The lowest BCUT2D eigenvalue weighted by molar-refractivity contribution is -0.120. The van der Waals surface area contributed by atoms with Crippen molar-refractivity contribution >= 4 is 11.6 Å². The third kappa shape index (κ3) is 3.24. The van der Waals surface area contributed by atoms with Gasteiger partial charge in [0.1, 0.15) is 6.61 Å². The third-order valence-corrected chi connectivity index (χ3v) is 3.12. The highest BCUT2D eigenvalue weighted by Gasteiger charge is 2.05. The van der Waals surface area contributed by atoms with Crippen LogP contribution in [0.3, 0.4) is 0 Å². The molecule has 1 N–H and O–H groups in total.